The Balaban J connectivity index is 2.83. The largest absolute Gasteiger partial charge is 0.396 e. The Bertz CT molecular complexity index is 103. The highest BCUT2D eigenvalue weighted by atomic mass is 19.1. The fourth-order valence-electron chi connectivity index (χ4n) is 1.97. The molecule has 0 amide bonds. The molecule has 98 valence electrons. The summed E-state index contributed by atoms with van der Waals surface area (Å²) in [4.78, 5) is 0. The Labute approximate surface area is 100 Å². The van der Waals surface area contributed by atoms with Crippen molar-refractivity contribution in [1.82, 2.24) is 0 Å². The molecule has 1 N–H and O–H groups in total. The monoisotopic (exact) mass is 232 g/mol. The fraction of sp³-hybridized carbons (Fsp3) is 1.00. The molecule has 0 heterocycles. The van der Waals surface area contributed by atoms with Gasteiger partial charge in [0.25, 0.3) is 0 Å². The van der Waals surface area contributed by atoms with Gasteiger partial charge in [-0.3, -0.25) is 4.39 Å². The first-order chi connectivity index (χ1) is 7.91. The first kappa shape index (κ1) is 15.9. The van der Waals surface area contributed by atoms with Crippen molar-refractivity contribution in [2.24, 2.45) is 0 Å². The van der Waals surface area contributed by atoms with Crippen LogP contribution >= 0.6 is 0 Å². The van der Waals surface area contributed by atoms with Gasteiger partial charge < -0.3 is 5.11 Å². The quantitative estimate of drug-likeness (QED) is 0.459. The molecule has 0 aliphatic heterocycles. The zero-order valence-corrected chi connectivity index (χ0v) is 10.7. The van der Waals surface area contributed by atoms with Crippen molar-refractivity contribution in [3.63, 3.8) is 0 Å². The summed E-state index contributed by atoms with van der Waals surface area (Å²) in [5.41, 5.74) is 0. The molecule has 1 nitrogen and oxygen atoms in total. The van der Waals surface area contributed by atoms with Gasteiger partial charge in [0.15, 0.2) is 0 Å². The molecular weight excluding hydrogens is 203 g/mol. The van der Waals surface area contributed by atoms with E-state index in [1.54, 1.807) is 0 Å². The van der Waals surface area contributed by atoms with Gasteiger partial charge >= 0.3 is 0 Å². The van der Waals surface area contributed by atoms with Crippen LogP contribution in [0.3, 0.4) is 0 Å². The molecule has 0 atom stereocenters. The third-order valence-electron chi connectivity index (χ3n) is 3.04. The maximum absolute atomic E-state index is 11.8. The lowest BCUT2D eigenvalue weighted by Gasteiger charge is -2.02. The maximum atomic E-state index is 11.8. The zero-order valence-electron chi connectivity index (χ0n) is 10.7. The van der Waals surface area contributed by atoms with Crippen molar-refractivity contribution in [3.8, 4) is 0 Å². The van der Waals surface area contributed by atoms with Crippen LogP contribution in [0.2, 0.25) is 0 Å². The predicted molar refractivity (Wildman–Crippen MR) is 68.5 cm³/mol. The van der Waals surface area contributed by atoms with E-state index in [1.807, 2.05) is 0 Å². The molecule has 0 spiro atoms. The Morgan fingerprint density at radius 3 is 1.12 bits per heavy atom. The summed E-state index contributed by atoms with van der Waals surface area (Å²) in [6.45, 7) is 0.201. The van der Waals surface area contributed by atoms with E-state index in [9.17, 15) is 4.39 Å². The zero-order chi connectivity index (χ0) is 11.9. The van der Waals surface area contributed by atoms with Crippen LogP contribution in [0.25, 0.3) is 0 Å². The van der Waals surface area contributed by atoms with Gasteiger partial charge in [0.05, 0.1) is 6.67 Å². The number of aliphatic hydroxyl groups is 1. The van der Waals surface area contributed by atoms with Crippen LogP contribution in [-0.4, -0.2) is 18.4 Å². The molecule has 16 heavy (non-hydrogen) atoms. The molecule has 0 rings (SSSR count). The molecular formula is C14H29FO. The van der Waals surface area contributed by atoms with E-state index in [2.05, 4.69) is 0 Å². The number of aliphatic hydroxyl groups excluding tert-OH is 1. The average molecular weight is 232 g/mol. The molecule has 0 saturated heterocycles. The van der Waals surface area contributed by atoms with E-state index >= 15 is 0 Å². The summed E-state index contributed by atoms with van der Waals surface area (Å²) in [5.74, 6) is 0. The normalized spacial score (nSPS) is 10.9. The highest BCUT2D eigenvalue weighted by Gasteiger charge is 1.93. The summed E-state index contributed by atoms with van der Waals surface area (Å²) < 4.78 is 11.8. The number of unbranched alkanes of at least 4 members (excludes halogenated alkanes) is 11. The van der Waals surface area contributed by atoms with Gasteiger partial charge in [0.1, 0.15) is 0 Å². The lowest BCUT2D eigenvalue weighted by molar-refractivity contribution is 0.282. The van der Waals surface area contributed by atoms with Crippen LogP contribution in [0.1, 0.15) is 77.0 Å². The molecule has 0 aliphatic rings. The summed E-state index contributed by atoms with van der Waals surface area (Å²) in [5, 5.41) is 8.60. The molecule has 0 aromatic rings. The molecule has 0 aromatic heterocycles. The van der Waals surface area contributed by atoms with Gasteiger partial charge in [-0.15, -0.1) is 0 Å². The van der Waals surface area contributed by atoms with Crippen molar-refractivity contribution in [2.45, 2.75) is 77.0 Å². The Kier molecular flexibility index (Phi) is 14.8. The molecule has 0 unspecified atom stereocenters. The Hall–Kier alpha value is -0.110. The molecule has 0 fully saturated rings. The number of alkyl halides is 1. The van der Waals surface area contributed by atoms with Crippen LogP contribution in [0, 0.1) is 0 Å². The number of hydrogen-bond acceptors (Lipinski definition) is 1. The summed E-state index contributed by atoms with van der Waals surface area (Å²) in [6, 6.07) is 0. The van der Waals surface area contributed by atoms with Gasteiger partial charge in [-0.1, -0.05) is 64.2 Å². The molecule has 0 bridgehead atoms. The number of halogens is 1. The molecule has 0 aromatic carbocycles. The van der Waals surface area contributed by atoms with Gasteiger partial charge in [0.2, 0.25) is 0 Å². The second kappa shape index (κ2) is 14.9. The average Bonchev–Trinajstić information content (AvgIpc) is 2.31. The van der Waals surface area contributed by atoms with Crippen molar-refractivity contribution in [3.05, 3.63) is 0 Å². The Morgan fingerprint density at radius 2 is 0.812 bits per heavy atom. The van der Waals surface area contributed by atoms with E-state index in [-0.39, 0.29) is 6.67 Å². The summed E-state index contributed by atoms with van der Waals surface area (Å²) in [7, 11) is 0. The predicted octanol–water partition coefficient (Wildman–Crippen LogP) is 4.63. The van der Waals surface area contributed by atoms with Gasteiger partial charge in [-0.25, -0.2) is 0 Å². The third kappa shape index (κ3) is 13.9. The van der Waals surface area contributed by atoms with E-state index in [1.165, 1.54) is 57.8 Å². The third-order valence-corrected chi connectivity index (χ3v) is 3.04. The first-order valence-corrected chi connectivity index (χ1v) is 7.08. The number of hydrogen-bond donors (Lipinski definition) is 1. The topological polar surface area (TPSA) is 20.2 Å². The second-order valence-electron chi connectivity index (χ2n) is 4.66. The van der Waals surface area contributed by atoms with Gasteiger partial charge in [-0.2, -0.15) is 0 Å². The van der Waals surface area contributed by atoms with Crippen molar-refractivity contribution >= 4 is 0 Å². The van der Waals surface area contributed by atoms with E-state index in [0.29, 0.717) is 6.61 Å². The lowest BCUT2D eigenvalue weighted by atomic mass is 10.1. The fourth-order valence-corrected chi connectivity index (χ4v) is 1.97. The lowest BCUT2D eigenvalue weighted by Crippen LogP contribution is -1.85. The minimum Gasteiger partial charge on any atom is -0.396 e. The van der Waals surface area contributed by atoms with Crippen molar-refractivity contribution in [2.75, 3.05) is 13.3 Å². The number of rotatable bonds is 13. The van der Waals surface area contributed by atoms with E-state index in [0.717, 1.165) is 19.3 Å². The second-order valence-corrected chi connectivity index (χ2v) is 4.66. The highest BCUT2D eigenvalue weighted by Crippen LogP contribution is 2.11. The van der Waals surface area contributed by atoms with Gasteiger partial charge in [-0.05, 0) is 12.8 Å². The van der Waals surface area contributed by atoms with E-state index in [4.69, 9.17) is 5.11 Å². The smallest absolute Gasteiger partial charge is 0.0894 e. The highest BCUT2D eigenvalue weighted by molar-refractivity contribution is 4.48. The van der Waals surface area contributed by atoms with Crippen molar-refractivity contribution in [1.29, 1.82) is 0 Å². The summed E-state index contributed by atoms with van der Waals surface area (Å²) >= 11 is 0. The standard InChI is InChI=1S/C14H29FO/c15-13-11-9-7-5-3-1-2-4-6-8-10-12-14-16/h16H,1-14H2. The molecule has 0 radical (unpaired) electrons. The van der Waals surface area contributed by atoms with Gasteiger partial charge in [0, 0.05) is 6.61 Å². The minimum atomic E-state index is -0.145. The molecule has 2 heteroatoms. The molecule has 0 aliphatic carbocycles. The Morgan fingerprint density at radius 1 is 0.500 bits per heavy atom. The molecule has 0 saturated carbocycles. The van der Waals surface area contributed by atoms with Crippen LogP contribution in [0.5, 0.6) is 0 Å². The minimum absolute atomic E-state index is 0.145. The van der Waals surface area contributed by atoms with Crippen LogP contribution in [-0.2, 0) is 0 Å². The SMILES string of the molecule is OCCCCCCCCCCCCCCF. The first-order valence-electron chi connectivity index (χ1n) is 7.08. The van der Waals surface area contributed by atoms with Crippen LogP contribution in [0.15, 0.2) is 0 Å². The van der Waals surface area contributed by atoms with Crippen LogP contribution < -0.4 is 0 Å². The maximum Gasteiger partial charge on any atom is 0.0894 e. The summed E-state index contributed by atoms with van der Waals surface area (Å²) in [6.07, 6.45) is 14.4. The van der Waals surface area contributed by atoms with E-state index < -0.39 is 0 Å². The van der Waals surface area contributed by atoms with Crippen LogP contribution in [0.4, 0.5) is 4.39 Å². The van der Waals surface area contributed by atoms with Crippen molar-refractivity contribution < 1.29 is 9.50 Å².